The fourth-order valence-electron chi connectivity index (χ4n) is 2.21. The van der Waals surface area contributed by atoms with Gasteiger partial charge in [-0.25, -0.2) is 0 Å². The van der Waals surface area contributed by atoms with Gasteiger partial charge in [0.25, 0.3) is 0 Å². The Morgan fingerprint density at radius 3 is 2.44 bits per heavy atom. The van der Waals surface area contributed by atoms with E-state index in [2.05, 4.69) is 5.32 Å². The molecule has 0 unspecified atom stereocenters. The van der Waals surface area contributed by atoms with Crippen LogP contribution in [0.25, 0.3) is 0 Å². The topological polar surface area (TPSA) is 82.2 Å². The second-order valence-corrected chi connectivity index (χ2v) is 4.42. The summed E-state index contributed by atoms with van der Waals surface area (Å²) in [6, 6.07) is 9.12. The van der Waals surface area contributed by atoms with Crippen LogP contribution >= 0.6 is 0 Å². The molecule has 0 spiro atoms. The smallest absolute Gasteiger partial charge is 0.237 e. The molecule has 2 rings (SSSR count). The molecule has 0 aromatic heterocycles. The molecule has 1 aromatic carbocycles. The van der Waals surface area contributed by atoms with Crippen LogP contribution in [0.4, 0.5) is 5.69 Å². The molecule has 96 valence electrons. The summed E-state index contributed by atoms with van der Waals surface area (Å²) < 4.78 is 0. The lowest BCUT2D eigenvalue weighted by Gasteiger charge is -2.28. The minimum Gasteiger partial charge on any atom is -0.369 e. The zero-order chi connectivity index (χ0) is 13.0. The van der Waals surface area contributed by atoms with Gasteiger partial charge in [-0.3, -0.25) is 15.1 Å². The monoisotopic (exact) mass is 246 g/mol. The van der Waals surface area contributed by atoms with E-state index in [4.69, 9.17) is 11.1 Å². The van der Waals surface area contributed by atoms with Crippen molar-refractivity contribution >= 4 is 17.6 Å². The van der Waals surface area contributed by atoms with Gasteiger partial charge in [0.1, 0.15) is 0 Å². The van der Waals surface area contributed by atoms with Crippen molar-refractivity contribution in [3.63, 3.8) is 0 Å². The second kappa shape index (κ2) is 5.64. The number of piperidine rings is 1. The number of nitrogens with two attached hydrogens (primary N) is 1. The highest BCUT2D eigenvalue weighted by atomic mass is 16.2. The standard InChI is InChI=1S/C13H18N4O/c14-13(15)17(11-4-2-1-3-5-11)12(18)10-6-8-16-9-7-10/h1-5,10,16H,6-9H2,(H3,14,15). The molecule has 0 radical (unpaired) electrons. The van der Waals surface area contributed by atoms with E-state index in [0.29, 0.717) is 5.69 Å². The van der Waals surface area contributed by atoms with E-state index in [1.165, 1.54) is 4.90 Å². The van der Waals surface area contributed by atoms with E-state index in [1.54, 1.807) is 12.1 Å². The third-order valence-corrected chi connectivity index (χ3v) is 3.16. The maximum atomic E-state index is 12.4. The molecule has 5 heteroatoms. The predicted octanol–water partition coefficient (Wildman–Crippen LogP) is 0.913. The van der Waals surface area contributed by atoms with Gasteiger partial charge in [-0.2, -0.15) is 0 Å². The van der Waals surface area contributed by atoms with Gasteiger partial charge in [-0.1, -0.05) is 18.2 Å². The van der Waals surface area contributed by atoms with Gasteiger partial charge in [0.15, 0.2) is 5.96 Å². The Morgan fingerprint density at radius 1 is 1.28 bits per heavy atom. The van der Waals surface area contributed by atoms with Crippen molar-refractivity contribution in [2.75, 3.05) is 18.0 Å². The highest BCUT2D eigenvalue weighted by Crippen LogP contribution is 2.20. The fraction of sp³-hybridized carbons (Fsp3) is 0.385. The van der Waals surface area contributed by atoms with Gasteiger partial charge in [0.2, 0.25) is 5.91 Å². The SMILES string of the molecule is N=C(N)N(C(=O)C1CCNCC1)c1ccccc1. The quantitative estimate of drug-likeness (QED) is 0.536. The number of carbonyl (C=O) groups is 1. The second-order valence-electron chi connectivity index (χ2n) is 4.42. The first-order valence-corrected chi connectivity index (χ1v) is 6.14. The lowest BCUT2D eigenvalue weighted by atomic mass is 9.96. The Bertz CT molecular complexity index is 426. The van der Waals surface area contributed by atoms with E-state index in [9.17, 15) is 4.79 Å². The van der Waals surface area contributed by atoms with Crippen LogP contribution in [0.5, 0.6) is 0 Å². The highest BCUT2D eigenvalue weighted by molar-refractivity contribution is 6.15. The van der Waals surface area contributed by atoms with Gasteiger partial charge >= 0.3 is 0 Å². The maximum absolute atomic E-state index is 12.4. The van der Waals surface area contributed by atoms with E-state index in [1.807, 2.05) is 18.2 Å². The number of carbonyl (C=O) groups excluding carboxylic acids is 1. The number of amides is 1. The summed E-state index contributed by atoms with van der Waals surface area (Å²) in [5, 5.41) is 10.8. The number of nitrogens with zero attached hydrogens (tertiary/aromatic N) is 1. The Balaban J connectivity index is 2.20. The molecule has 0 saturated carbocycles. The summed E-state index contributed by atoms with van der Waals surface area (Å²) in [5.74, 6) is -0.338. The van der Waals surface area contributed by atoms with E-state index in [-0.39, 0.29) is 17.8 Å². The molecule has 1 aliphatic rings. The molecule has 1 aromatic rings. The number of benzene rings is 1. The lowest BCUT2D eigenvalue weighted by molar-refractivity contribution is -0.122. The predicted molar refractivity (Wildman–Crippen MR) is 71.4 cm³/mol. The number of anilines is 1. The number of nitrogens with one attached hydrogen (secondary N) is 2. The summed E-state index contributed by atoms with van der Waals surface area (Å²) in [7, 11) is 0. The number of para-hydroxylation sites is 1. The summed E-state index contributed by atoms with van der Waals surface area (Å²) in [6.07, 6.45) is 1.60. The largest absolute Gasteiger partial charge is 0.369 e. The highest BCUT2D eigenvalue weighted by Gasteiger charge is 2.28. The fourth-order valence-corrected chi connectivity index (χ4v) is 2.21. The molecule has 1 fully saturated rings. The van der Waals surface area contributed by atoms with Crippen LogP contribution in [-0.4, -0.2) is 25.0 Å². The van der Waals surface area contributed by atoms with Crippen molar-refractivity contribution in [2.24, 2.45) is 11.7 Å². The summed E-state index contributed by atoms with van der Waals surface area (Å²) >= 11 is 0. The van der Waals surface area contributed by atoms with Gasteiger partial charge in [0, 0.05) is 5.92 Å². The Labute approximate surface area is 106 Å². The molecule has 0 bridgehead atoms. The Hall–Kier alpha value is -1.88. The van der Waals surface area contributed by atoms with Crippen molar-refractivity contribution < 1.29 is 4.79 Å². The van der Waals surface area contributed by atoms with Crippen LogP contribution in [0.2, 0.25) is 0 Å². The molecule has 1 aliphatic heterocycles. The van der Waals surface area contributed by atoms with Crippen molar-refractivity contribution in [3.05, 3.63) is 30.3 Å². The van der Waals surface area contributed by atoms with Crippen LogP contribution in [0.15, 0.2) is 30.3 Å². The van der Waals surface area contributed by atoms with E-state index < -0.39 is 0 Å². The van der Waals surface area contributed by atoms with Crippen LogP contribution in [0.1, 0.15) is 12.8 Å². The Kier molecular flexibility index (Phi) is 3.94. The summed E-state index contributed by atoms with van der Waals surface area (Å²) in [4.78, 5) is 13.7. The summed E-state index contributed by atoms with van der Waals surface area (Å²) in [5.41, 5.74) is 6.21. The molecular weight excluding hydrogens is 228 g/mol. The number of hydrogen-bond acceptors (Lipinski definition) is 3. The molecule has 1 heterocycles. The molecular formula is C13H18N4O. The Morgan fingerprint density at radius 2 is 1.89 bits per heavy atom. The first-order valence-electron chi connectivity index (χ1n) is 6.14. The van der Waals surface area contributed by atoms with Crippen LogP contribution in [0, 0.1) is 11.3 Å². The van der Waals surface area contributed by atoms with Gasteiger partial charge in [-0.05, 0) is 38.1 Å². The third kappa shape index (κ3) is 2.68. The molecule has 0 atom stereocenters. The number of guanidine groups is 1. The first-order chi connectivity index (χ1) is 8.70. The van der Waals surface area contributed by atoms with Crippen molar-refractivity contribution in [1.29, 1.82) is 5.41 Å². The van der Waals surface area contributed by atoms with E-state index >= 15 is 0 Å². The zero-order valence-corrected chi connectivity index (χ0v) is 10.2. The minimum absolute atomic E-state index is 0.0460. The molecule has 0 aliphatic carbocycles. The molecule has 1 amide bonds. The van der Waals surface area contributed by atoms with Crippen molar-refractivity contribution in [3.8, 4) is 0 Å². The third-order valence-electron chi connectivity index (χ3n) is 3.16. The molecule has 18 heavy (non-hydrogen) atoms. The van der Waals surface area contributed by atoms with Gasteiger partial charge in [0.05, 0.1) is 5.69 Å². The number of rotatable bonds is 2. The van der Waals surface area contributed by atoms with Gasteiger partial charge < -0.3 is 11.1 Å². The van der Waals surface area contributed by atoms with Crippen molar-refractivity contribution in [2.45, 2.75) is 12.8 Å². The zero-order valence-electron chi connectivity index (χ0n) is 10.2. The van der Waals surface area contributed by atoms with Crippen LogP contribution < -0.4 is 16.0 Å². The van der Waals surface area contributed by atoms with Gasteiger partial charge in [-0.15, -0.1) is 0 Å². The van der Waals surface area contributed by atoms with E-state index in [0.717, 1.165) is 25.9 Å². The maximum Gasteiger partial charge on any atom is 0.237 e. The summed E-state index contributed by atoms with van der Waals surface area (Å²) in [6.45, 7) is 1.69. The van der Waals surface area contributed by atoms with Crippen LogP contribution in [0.3, 0.4) is 0 Å². The van der Waals surface area contributed by atoms with Crippen molar-refractivity contribution in [1.82, 2.24) is 5.32 Å². The normalized spacial score (nSPS) is 16.2. The average molecular weight is 246 g/mol. The molecule has 1 saturated heterocycles. The number of hydrogen-bond donors (Lipinski definition) is 3. The first kappa shape index (κ1) is 12.6. The lowest BCUT2D eigenvalue weighted by Crippen LogP contribution is -2.47. The molecule has 4 N–H and O–H groups in total. The average Bonchev–Trinajstić information content (AvgIpc) is 2.40. The van der Waals surface area contributed by atoms with Crippen LogP contribution in [-0.2, 0) is 4.79 Å². The minimum atomic E-state index is -0.218. The molecule has 5 nitrogen and oxygen atoms in total.